The van der Waals surface area contributed by atoms with Gasteiger partial charge in [0, 0.05) is 0 Å². The van der Waals surface area contributed by atoms with Crippen LogP contribution in [0.15, 0.2) is 43.0 Å². The Morgan fingerprint density at radius 3 is 2.50 bits per heavy atom. The molecule has 1 aromatic rings. The van der Waals surface area contributed by atoms with Crippen molar-refractivity contribution in [2.75, 3.05) is 6.61 Å². The second-order valence-electron chi connectivity index (χ2n) is 4.70. The van der Waals surface area contributed by atoms with Gasteiger partial charge in [-0.1, -0.05) is 43.0 Å². The van der Waals surface area contributed by atoms with E-state index in [1.807, 2.05) is 30.3 Å². The maximum Gasteiger partial charge on any atom is 0.408 e. The summed E-state index contributed by atoms with van der Waals surface area (Å²) >= 11 is 0. The highest BCUT2D eigenvalue weighted by atomic mass is 16.6. The van der Waals surface area contributed by atoms with Crippen LogP contribution in [0.4, 0.5) is 4.79 Å². The van der Waals surface area contributed by atoms with Crippen LogP contribution in [-0.4, -0.2) is 24.2 Å². The summed E-state index contributed by atoms with van der Waals surface area (Å²) in [6.07, 6.45) is 0.788. The molecule has 1 rings (SSSR count). The van der Waals surface area contributed by atoms with Gasteiger partial charge < -0.3 is 14.8 Å². The van der Waals surface area contributed by atoms with Crippen molar-refractivity contribution in [1.29, 1.82) is 0 Å². The molecule has 0 radical (unpaired) electrons. The van der Waals surface area contributed by atoms with Gasteiger partial charge >= 0.3 is 12.1 Å². The number of amides is 1. The zero-order valence-corrected chi connectivity index (χ0v) is 11.7. The predicted molar refractivity (Wildman–Crippen MR) is 75.0 cm³/mol. The number of carbonyl (C=O) groups is 2. The lowest BCUT2D eigenvalue weighted by Gasteiger charge is -2.23. The molecule has 20 heavy (non-hydrogen) atoms. The van der Waals surface area contributed by atoms with Gasteiger partial charge in [0.05, 0.1) is 0 Å². The van der Waals surface area contributed by atoms with Crippen LogP contribution in [0.1, 0.15) is 19.4 Å². The van der Waals surface area contributed by atoms with E-state index in [-0.39, 0.29) is 13.2 Å². The second-order valence-corrected chi connectivity index (χ2v) is 4.70. The number of nitrogens with one attached hydrogen (secondary N) is 1. The van der Waals surface area contributed by atoms with E-state index in [4.69, 9.17) is 9.47 Å². The highest BCUT2D eigenvalue weighted by Crippen LogP contribution is 2.07. The second kappa shape index (κ2) is 7.33. The van der Waals surface area contributed by atoms with Crippen molar-refractivity contribution >= 4 is 12.1 Å². The number of ether oxygens (including phenoxy) is 2. The van der Waals surface area contributed by atoms with Gasteiger partial charge in [-0.15, -0.1) is 0 Å². The van der Waals surface area contributed by atoms with Gasteiger partial charge in [-0.25, -0.2) is 9.59 Å². The van der Waals surface area contributed by atoms with E-state index in [9.17, 15) is 9.59 Å². The van der Waals surface area contributed by atoms with E-state index < -0.39 is 17.6 Å². The van der Waals surface area contributed by atoms with Crippen LogP contribution in [0.2, 0.25) is 0 Å². The molecule has 0 spiro atoms. The molecule has 1 amide bonds. The van der Waals surface area contributed by atoms with Gasteiger partial charge in [0.15, 0.2) is 0 Å². The molecular formula is C15H19NO4. The van der Waals surface area contributed by atoms with Crippen LogP contribution >= 0.6 is 0 Å². The number of benzene rings is 1. The molecule has 0 aliphatic heterocycles. The third-order valence-corrected chi connectivity index (χ3v) is 2.47. The van der Waals surface area contributed by atoms with Gasteiger partial charge in [0.25, 0.3) is 0 Å². The molecule has 0 bridgehead atoms. The Bertz CT molecular complexity index is 468. The van der Waals surface area contributed by atoms with Crippen LogP contribution in [0, 0.1) is 0 Å². The summed E-state index contributed by atoms with van der Waals surface area (Å²) in [4.78, 5) is 23.3. The summed E-state index contributed by atoms with van der Waals surface area (Å²) in [6, 6.07) is 9.27. The molecule has 0 unspecified atom stereocenters. The topological polar surface area (TPSA) is 64.6 Å². The highest BCUT2D eigenvalue weighted by molar-refractivity contribution is 5.84. The highest BCUT2D eigenvalue weighted by Gasteiger charge is 2.31. The van der Waals surface area contributed by atoms with Crippen LogP contribution in [0.5, 0.6) is 0 Å². The van der Waals surface area contributed by atoms with Crippen molar-refractivity contribution in [2.45, 2.75) is 26.0 Å². The molecule has 0 fully saturated rings. The van der Waals surface area contributed by atoms with Crippen LogP contribution in [-0.2, 0) is 20.9 Å². The van der Waals surface area contributed by atoms with Crippen molar-refractivity contribution in [1.82, 2.24) is 5.32 Å². The number of rotatable bonds is 6. The van der Waals surface area contributed by atoms with Crippen molar-refractivity contribution in [2.24, 2.45) is 0 Å². The Balaban J connectivity index is 2.44. The number of alkyl carbamates (subject to hydrolysis) is 1. The van der Waals surface area contributed by atoms with E-state index in [2.05, 4.69) is 11.9 Å². The zero-order valence-electron chi connectivity index (χ0n) is 11.7. The molecule has 0 saturated carbocycles. The van der Waals surface area contributed by atoms with Gasteiger partial charge in [-0.2, -0.15) is 0 Å². The van der Waals surface area contributed by atoms with E-state index in [0.29, 0.717) is 0 Å². The summed E-state index contributed by atoms with van der Waals surface area (Å²) in [5.41, 5.74) is -0.286. The fourth-order valence-corrected chi connectivity index (χ4v) is 1.38. The molecule has 0 heterocycles. The lowest BCUT2D eigenvalue weighted by atomic mass is 10.1. The molecule has 5 heteroatoms. The normalized spacial score (nSPS) is 10.5. The zero-order chi connectivity index (χ0) is 15.0. The smallest absolute Gasteiger partial charge is 0.408 e. The summed E-state index contributed by atoms with van der Waals surface area (Å²) in [6.45, 7) is 6.78. The maximum absolute atomic E-state index is 11.7. The Hall–Kier alpha value is -2.30. The average Bonchev–Trinajstić information content (AvgIpc) is 2.43. The summed E-state index contributed by atoms with van der Waals surface area (Å²) < 4.78 is 9.93. The minimum atomic E-state index is -1.16. The molecular weight excluding hydrogens is 258 g/mol. The van der Waals surface area contributed by atoms with E-state index in [0.717, 1.165) is 5.56 Å². The van der Waals surface area contributed by atoms with Crippen LogP contribution < -0.4 is 5.32 Å². The van der Waals surface area contributed by atoms with Gasteiger partial charge in [-0.3, -0.25) is 0 Å². The van der Waals surface area contributed by atoms with Crippen LogP contribution in [0.3, 0.4) is 0 Å². The summed E-state index contributed by atoms with van der Waals surface area (Å²) in [5.74, 6) is -0.547. The molecule has 1 N–H and O–H groups in total. The first kappa shape index (κ1) is 15.8. The fourth-order valence-electron chi connectivity index (χ4n) is 1.38. The fraction of sp³-hybridized carbons (Fsp3) is 0.333. The molecule has 0 aliphatic carbocycles. The SMILES string of the molecule is C=CCOC(=O)C(C)(C)NC(=O)OCc1ccccc1. The first-order valence-corrected chi connectivity index (χ1v) is 6.22. The van der Waals surface area contributed by atoms with E-state index in [1.165, 1.54) is 6.08 Å². The van der Waals surface area contributed by atoms with Crippen molar-refractivity contribution < 1.29 is 19.1 Å². The molecule has 1 aromatic carbocycles. The first-order chi connectivity index (χ1) is 9.45. The third kappa shape index (κ3) is 5.14. The predicted octanol–water partition coefficient (Wildman–Crippen LogP) is 2.42. The number of hydrogen-bond acceptors (Lipinski definition) is 4. The Morgan fingerprint density at radius 2 is 1.90 bits per heavy atom. The minimum absolute atomic E-state index is 0.100. The summed E-state index contributed by atoms with van der Waals surface area (Å²) in [7, 11) is 0. The standard InChI is InChI=1S/C15H19NO4/c1-4-10-19-13(17)15(2,3)16-14(18)20-11-12-8-6-5-7-9-12/h4-9H,1,10-11H2,2-3H3,(H,16,18). The van der Waals surface area contributed by atoms with Crippen LogP contribution in [0.25, 0.3) is 0 Å². The molecule has 0 saturated heterocycles. The largest absolute Gasteiger partial charge is 0.460 e. The lowest BCUT2D eigenvalue weighted by Crippen LogP contribution is -2.50. The van der Waals surface area contributed by atoms with Gasteiger partial charge in [0.1, 0.15) is 18.8 Å². The van der Waals surface area contributed by atoms with Crippen molar-refractivity contribution in [3.05, 3.63) is 48.6 Å². The molecule has 0 aromatic heterocycles. The lowest BCUT2D eigenvalue weighted by molar-refractivity contribution is -0.148. The monoisotopic (exact) mass is 277 g/mol. The molecule has 0 atom stereocenters. The maximum atomic E-state index is 11.7. The Kier molecular flexibility index (Phi) is 5.77. The quantitative estimate of drug-likeness (QED) is 0.640. The number of carbonyl (C=O) groups excluding carboxylic acids is 2. The average molecular weight is 277 g/mol. The molecule has 0 aliphatic rings. The van der Waals surface area contributed by atoms with E-state index >= 15 is 0 Å². The number of esters is 1. The Labute approximate surface area is 118 Å². The minimum Gasteiger partial charge on any atom is -0.460 e. The van der Waals surface area contributed by atoms with Crippen molar-refractivity contribution in [3.63, 3.8) is 0 Å². The number of hydrogen-bond donors (Lipinski definition) is 1. The van der Waals surface area contributed by atoms with Crippen molar-refractivity contribution in [3.8, 4) is 0 Å². The van der Waals surface area contributed by atoms with Gasteiger partial charge in [0.2, 0.25) is 0 Å². The Morgan fingerprint density at radius 1 is 1.25 bits per heavy atom. The van der Waals surface area contributed by atoms with Gasteiger partial charge in [-0.05, 0) is 19.4 Å². The molecule has 5 nitrogen and oxygen atoms in total. The first-order valence-electron chi connectivity index (χ1n) is 6.22. The molecule has 108 valence electrons. The van der Waals surface area contributed by atoms with E-state index in [1.54, 1.807) is 13.8 Å². The third-order valence-electron chi connectivity index (χ3n) is 2.47. The summed E-state index contributed by atoms with van der Waals surface area (Å²) in [5, 5.41) is 2.47.